The van der Waals surface area contributed by atoms with Crippen molar-refractivity contribution in [2.24, 2.45) is 5.92 Å². The molecule has 1 saturated carbocycles. The van der Waals surface area contributed by atoms with Crippen LogP contribution in [0.15, 0.2) is 17.0 Å². The molecule has 3 atom stereocenters. The molecule has 2 aliphatic heterocycles. The fourth-order valence-corrected chi connectivity index (χ4v) is 6.04. The van der Waals surface area contributed by atoms with E-state index in [-0.39, 0.29) is 17.9 Å². The molecule has 1 aliphatic carbocycles. The van der Waals surface area contributed by atoms with E-state index in [0.29, 0.717) is 10.8 Å². The molecule has 1 N–H and O–H groups in total. The number of hydrogen-bond donors (Lipinski definition) is 1. The first-order valence-corrected chi connectivity index (χ1v) is 10.9. The Morgan fingerprint density at radius 1 is 1.12 bits per heavy atom. The summed E-state index contributed by atoms with van der Waals surface area (Å²) in [7, 11) is -3.56. The summed E-state index contributed by atoms with van der Waals surface area (Å²) in [6.07, 6.45) is 5.96. The van der Waals surface area contributed by atoms with Crippen molar-refractivity contribution in [2.75, 3.05) is 11.4 Å². The summed E-state index contributed by atoms with van der Waals surface area (Å²) >= 11 is 0. The molecule has 1 aromatic rings. The minimum atomic E-state index is -3.56. The molecule has 3 aliphatic rings. The van der Waals surface area contributed by atoms with Gasteiger partial charge in [0.15, 0.2) is 0 Å². The van der Waals surface area contributed by atoms with Gasteiger partial charge in [0.25, 0.3) is 0 Å². The van der Waals surface area contributed by atoms with Crippen molar-refractivity contribution >= 4 is 21.6 Å². The second-order valence-corrected chi connectivity index (χ2v) is 9.54. The number of nitrogens with one attached hydrogen (secondary N) is 1. The third-order valence-electron chi connectivity index (χ3n) is 6.12. The Kier molecular flexibility index (Phi) is 4.15. The second kappa shape index (κ2) is 6.09. The summed E-state index contributed by atoms with van der Waals surface area (Å²) in [6.45, 7) is 4.74. The molecule has 0 spiro atoms. The summed E-state index contributed by atoms with van der Waals surface area (Å²) in [5, 5.41) is 0. The zero-order valence-electron chi connectivity index (χ0n) is 14.9. The van der Waals surface area contributed by atoms with Crippen molar-refractivity contribution in [1.29, 1.82) is 0 Å². The SMILES string of the molecule is C[C@@H]1C(=O)N2CCCc3cc(S(=O)(=O)N[C@H]4CCCC[C@@H]4C)cc1c32. The maximum Gasteiger partial charge on any atom is 0.240 e. The van der Waals surface area contributed by atoms with Crippen LogP contribution in [0.5, 0.6) is 0 Å². The number of anilines is 1. The molecule has 2 heterocycles. The molecule has 1 fully saturated rings. The fraction of sp³-hybridized carbons (Fsp3) is 0.632. The van der Waals surface area contributed by atoms with Crippen LogP contribution in [0, 0.1) is 5.92 Å². The molecule has 136 valence electrons. The van der Waals surface area contributed by atoms with Gasteiger partial charge in [0, 0.05) is 12.6 Å². The van der Waals surface area contributed by atoms with Crippen LogP contribution in [-0.4, -0.2) is 26.9 Å². The molecule has 4 rings (SSSR count). The van der Waals surface area contributed by atoms with Crippen LogP contribution in [0.3, 0.4) is 0 Å². The van der Waals surface area contributed by atoms with E-state index in [0.717, 1.165) is 55.5 Å². The van der Waals surface area contributed by atoms with E-state index in [9.17, 15) is 13.2 Å². The monoisotopic (exact) mass is 362 g/mol. The summed E-state index contributed by atoms with van der Waals surface area (Å²) < 4.78 is 28.9. The van der Waals surface area contributed by atoms with Crippen LogP contribution >= 0.6 is 0 Å². The van der Waals surface area contributed by atoms with Crippen LogP contribution in [0.2, 0.25) is 0 Å². The van der Waals surface area contributed by atoms with E-state index in [1.165, 1.54) is 6.42 Å². The topological polar surface area (TPSA) is 66.5 Å². The normalized spacial score (nSPS) is 29.0. The Morgan fingerprint density at radius 3 is 2.64 bits per heavy atom. The van der Waals surface area contributed by atoms with Gasteiger partial charge in [-0.05, 0) is 61.8 Å². The zero-order chi connectivity index (χ0) is 17.8. The van der Waals surface area contributed by atoms with Gasteiger partial charge in [-0.3, -0.25) is 4.79 Å². The highest BCUT2D eigenvalue weighted by Gasteiger charge is 2.39. The lowest BCUT2D eigenvalue weighted by Gasteiger charge is -2.30. The lowest BCUT2D eigenvalue weighted by Crippen LogP contribution is -2.41. The maximum absolute atomic E-state index is 13.0. The molecule has 0 aromatic heterocycles. The smallest absolute Gasteiger partial charge is 0.240 e. The highest BCUT2D eigenvalue weighted by atomic mass is 32.2. The van der Waals surface area contributed by atoms with Gasteiger partial charge in [-0.25, -0.2) is 13.1 Å². The molecule has 25 heavy (non-hydrogen) atoms. The van der Waals surface area contributed by atoms with Gasteiger partial charge in [0.2, 0.25) is 15.9 Å². The van der Waals surface area contributed by atoms with Gasteiger partial charge in [-0.2, -0.15) is 0 Å². The quantitative estimate of drug-likeness (QED) is 0.899. The van der Waals surface area contributed by atoms with Crippen LogP contribution in [0.25, 0.3) is 0 Å². The van der Waals surface area contributed by atoms with Gasteiger partial charge in [-0.15, -0.1) is 0 Å². The van der Waals surface area contributed by atoms with Gasteiger partial charge in [-0.1, -0.05) is 19.8 Å². The molecular weight excluding hydrogens is 336 g/mol. The van der Waals surface area contributed by atoms with E-state index in [2.05, 4.69) is 11.6 Å². The highest BCUT2D eigenvalue weighted by Crippen LogP contribution is 2.44. The van der Waals surface area contributed by atoms with Gasteiger partial charge >= 0.3 is 0 Å². The van der Waals surface area contributed by atoms with Crippen molar-refractivity contribution < 1.29 is 13.2 Å². The van der Waals surface area contributed by atoms with Crippen molar-refractivity contribution in [3.63, 3.8) is 0 Å². The van der Waals surface area contributed by atoms with E-state index in [1.54, 1.807) is 12.1 Å². The molecule has 6 heteroatoms. The van der Waals surface area contributed by atoms with Crippen LogP contribution in [0.1, 0.15) is 63.0 Å². The van der Waals surface area contributed by atoms with Gasteiger partial charge in [0.05, 0.1) is 16.5 Å². The number of carbonyl (C=O) groups excluding carboxylic acids is 1. The Labute approximate surface area is 149 Å². The number of benzene rings is 1. The van der Waals surface area contributed by atoms with E-state index in [4.69, 9.17) is 0 Å². The van der Waals surface area contributed by atoms with Crippen LogP contribution in [0.4, 0.5) is 5.69 Å². The first-order valence-electron chi connectivity index (χ1n) is 9.39. The molecule has 0 bridgehead atoms. The van der Waals surface area contributed by atoms with Gasteiger partial charge < -0.3 is 4.90 Å². The molecule has 1 aromatic carbocycles. The number of rotatable bonds is 3. The predicted octanol–water partition coefficient (Wildman–Crippen LogP) is 2.94. The van der Waals surface area contributed by atoms with Crippen molar-refractivity contribution in [1.82, 2.24) is 4.72 Å². The number of amides is 1. The average molecular weight is 362 g/mol. The summed E-state index contributed by atoms with van der Waals surface area (Å²) in [5.74, 6) is 0.210. The number of sulfonamides is 1. The van der Waals surface area contributed by atoms with Crippen molar-refractivity contribution in [3.05, 3.63) is 23.3 Å². The zero-order valence-corrected chi connectivity index (χ0v) is 15.7. The van der Waals surface area contributed by atoms with Crippen molar-refractivity contribution in [2.45, 2.75) is 69.2 Å². The van der Waals surface area contributed by atoms with E-state index in [1.807, 2.05) is 11.8 Å². The standard InChI is InChI=1S/C19H26N2O3S/c1-12-6-3-4-8-17(12)20-25(23,24)15-10-14-7-5-9-21-18(14)16(11-15)13(2)19(21)22/h10-13,17,20H,3-9H2,1-2H3/t12-,13-,17-/m0/s1. The Morgan fingerprint density at radius 2 is 1.88 bits per heavy atom. The lowest BCUT2D eigenvalue weighted by atomic mass is 9.87. The highest BCUT2D eigenvalue weighted by molar-refractivity contribution is 7.89. The fourth-order valence-electron chi connectivity index (χ4n) is 4.58. The second-order valence-electron chi connectivity index (χ2n) is 7.82. The Bertz CT molecular complexity index is 818. The average Bonchev–Trinajstić information content (AvgIpc) is 2.84. The maximum atomic E-state index is 13.0. The first-order chi connectivity index (χ1) is 11.9. The number of hydrogen-bond acceptors (Lipinski definition) is 3. The minimum absolute atomic E-state index is 0.0129. The molecule has 5 nitrogen and oxygen atoms in total. The largest absolute Gasteiger partial charge is 0.311 e. The van der Waals surface area contributed by atoms with Crippen molar-refractivity contribution in [3.8, 4) is 0 Å². The van der Waals surface area contributed by atoms with Gasteiger partial charge in [0.1, 0.15) is 0 Å². The molecular formula is C19H26N2O3S. The Hall–Kier alpha value is -1.40. The number of carbonyl (C=O) groups is 1. The third-order valence-corrected chi connectivity index (χ3v) is 7.59. The van der Waals surface area contributed by atoms with E-state index < -0.39 is 10.0 Å². The molecule has 0 unspecified atom stereocenters. The van der Waals surface area contributed by atoms with E-state index >= 15 is 0 Å². The lowest BCUT2D eigenvalue weighted by molar-refractivity contribution is -0.119. The number of nitrogens with zero attached hydrogens (tertiary/aromatic N) is 1. The molecule has 1 amide bonds. The van der Waals surface area contributed by atoms with Crippen LogP contribution < -0.4 is 9.62 Å². The summed E-state index contributed by atoms with van der Waals surface area (Å²) in [5.41, 5.74) is 2.84. The predicted molar refractivity (Wildman–Crippen MR) is 97.3 cm³/mol. The molecule has 0 radical (unpaired) electrons. The number of aryl methyl sites for hydroxylation is 1. The first kappa shape index (κ1) is 17.0. The van der Waals surface area contributed by atoms with Crippen LogP contribution in [-0.2, 0) is 21.2 Å². The molecule has 0 saturated heterocycles. The summed E-state index contributed by atoms with van der Waals surface area (Å²) in [6, 6.07) is 3.52. The minimum Gasteiger partial charge on any atom is -0.311 e. The third kappa shape index (κ3) is 2.79. The summed E-state index contributed by atoms with van der Waals surface area (Å²) in [4.78, 5) is 14.6. The Balaban J connectivity index is 1.71.